The number of esters is 1. The molecule has 2 N–H and O–H groups in total. The van der Waals surface area contributed by atoms with Crippen molar-refractivity contribution in [1.82, 2.24) is 0 Å². The van der Waals surface area contributed by atoms with Gasteiger partial charge in [0, 0.05) is 5.92 Å². The lowest BCUT2D eigenvalue weighted by molar-refractivity contribution is -0.156. The molecule has 0 bridgehead atoms. The summed E-state index contributed by atoms with van der Waals surface area (Å²) in [7, 11) is 0. The van der Waals surface area contributed by atoms with Gasteiger partial charge in [0.1, 0.15) is 11.6 Å². The molecule has 1 aromatic carbocycles. The van der Waals surface area contributed by atoms with Crippen molar-refractivity contribution < 1.29 is 9.53 Å². The highest BCUT2D eigenvalue weighted by molar-refractivity contribution is 5.77. The van der Waals surface area contributed by atoms with Crippen LogP contribution in [-0.4, -0.2) is 17.6 Å². The van der Waals surface area contributed by atoms with Gasteiger partial charge in [-0.3, -0.25) is 4.79 Å². The lowest BCUT2D eigenvalue weighted by atomic mass is 9.92. The van der Waals surface area contributed by atoms with Gasteiger partial charge in [0.15, 0.2) is 0 Å². The third-order valence-corrected chi connectivity index (χ3v) is 2.50. The summed E-state index contributed by atoms with van der Waals surface area (Å²) in [4.78, 5) is 11.9. The SMILES string of the molecule is C=C[C@H](c1ccccc1)[C@H](N)C(=O)OC(C)(C)C. The minimum absolute atomic E-state index is 0.235. The summed E-state index contributed by atoms with van der Waals surface area (Å²) in [6.45, 7) is 9.22. The molecule has 0 aliphatic heterocycles. The fourth-order valence-corrected chi connectivity index (χ4v) is 1.68. The van der Waals surface area contributed by atoms with E-state index in [-0.39, 0.29) is 5.92 Å². The molecule has 0 unspecified atom stereocenters. The van der Waals surface area contributed by atoms with Crippen molar-refractivity contribution in [3.05, 3.63) is 48.6 Å². The van der Waals surface area contributed by atoms with Gasteiger partial charge in [0.2, 0.25) is 0 Å². The van der Waals surface area contributed by atoms with Crippen LogP contribution >= 0.6 is 0 Å². The highest BCUT2D eigenvalue weighted by atomic mass is 16.6. The summed E-state index contributed by atoms with van der Waals surface area (Å²) >= 11 is 0. The fourth-order valence-electron chi connectivity index (χ4n) is 1.68. The minimum Gasteiger partial charge on any atom is -0.459 e. The smallest absolute Gasteiger partial charge is 0.324 e. The van der Waals surface area contributed by atoms with Crippen LogP contribution in [0.4, 0.5) is 0 Å². The monoisotopic (exact) mass is 247 g/mol. The lowest BCUT2D eigenvalue weighted by Crippen LogP contribution is -2.41. The first-order valence-corrected chi connectivity index (χ1v) is 6.01. The Kier molecular flexibility index (Phi) is 4.68. The van der Waals surface area contributed by atoms with Crippen molar-refractivity contribution in [3.63, 3.8) is 0 Å². The standard InChI is InChI=1S/C15H21NO2/c1-5-12(11-9-7-6-8-10-11)13(16)14(17)18-15(2,3)4/h5-10,12-13H,1,16H2,2-4H3/t12-,13+/m1/s1. The predicted octanol–water partition coefficient (Wildman–Crippen LogP) is 2.63. The number of hydrogen-bond acceptors (Lipinski definition) is 3. The van der Waals surface area contributed by atoms with E-state index in [1.54, 1.807) is 6.08 Å². The highest BCUT2D eigenvalue weighted by Crippen LogP contribution is 2.21. The van der Waals surface area contributed by atoms with Gasteiger partial charge in [-0.25, -0.2) is 0 Å². The Hall–Kier alpha value is -1.61. The van der Waals surface area contributed by atoms with Crippen LogP contribution in [0.2, 0.25) is 0 Å². The van der Waals surface area contributed by atoms with Gasteiger partial charge in [0.05, 0.1) is 0 Å². The maximum absolute atomic E-state index is 11.9. The first-order chi connectivity index (χ1) is 8.35. The Balaban J connectivity index is 2.84. The van der Waals surface area contributed by atoms with E-state index in [1.807, 2.05) is 51.1 Å². The van der Waals surface area contributed by atoms with Crippen LogP contribution in [0.3, 0.4) is 0 Å². The van der Waals surface area contributed by atoms with Crippen LogP contribution in [0.15, 0.2) is 43.0 Å². The number of carbonyl (C=O) groups excluding carboxylic acids is 1. The van der Waals surface area contributed by atoms with E-state index >= 15 is 0 Å². The molecule has 0 amide bonds. The molecule has 1 aromatic rings. The molecule has 98 valence electrons. The van der Waals surface area contributed by atoms with Crippen molar-refractivity contribution >= 4 is 5.97 Å². The van der Waals surface area contributed by atoms with Gasteiger partial charge in [0.25, 0.3) is 0 Å². The number of ether oxygens (including phenoxy) is 1. The molecule has 0 aliphatic rings. The lowest BCUT2D eigenvalue weighted by Gasteiger charge is -2.25. The number of hydrogen-bond donors (Lipinski definition) is 1. The van der Waals surface area contributed by atoms with E-state index < -0.39 is 17.6 Å². The van der Waals surface area contributed by atoms with Gasteiger partial charge < -0.3 is 10.5 Å². The third kappa shape index (κ3) is 4.00. The Labute approximate surface area is 109 Å². The topological polar surface area (TPSA) is 52.3 Å². The molecule has 0 saturated heterocycles. The molecule has 0 aromatic heterocycles. The second-order valence-electron chi connectivity index (χ2n) is 5.23. The predicted molar refractivity (Wildman–Crippen MR) is 73.2 cm³/mol. The summed E-state index contributed by atoms with van der Waals surface area (Å²) in [6.07, 6.45) is 1.68. The summed E-state index contributed by atoms with van der Waals surface area (Å²) in [6, 6.07) is 8.86. The van der Waals surface area contributed by atoms with E-state index in [0.717, 1.165) is 5.56 Å². The molecule has 0 aliphatic carbocycles. The van der Waals surface area contributed by atoms with Crippen LogP contribution in [0.5, 0.6) is 0 Å². The van der Waals surface area contributed by atoms with Crippen LogP contribution in [0, 0.1) is 0 Å². The van der Waals surface area contributed by atoms with E-state index in [9.17, 15) is 4.79 Å². The first kappa shape index (κ1) is 14.5. The number of benzene rings is 1. The molecular formula is C15H21NO2. The molecular weight excluding hydrogens is 226 g/mol. The van der Waals surface area contributed by atoms with Crippen LogP contribution in [-0.2, 0) is 9.53 Å². The zero-order chi connectivity index (χ0) is 13.8. The second-order valence-corrected chi connectivity index (χ2v) is 5.23. The molecule has 0 fully saturated rings. The summed E-state index contributed by atoms with van der Waals surface area (Å²) in [5.41, 5.74) is 6.40. The zero-order valence-corrected chi connectivity index (χ0v) is 11.2. The van der Waals surface area contributed by atoms with E-state index in [2.05, 4.69) is 6.58 Å². The van der Waals surface area contributed by atoms with Crippen molar-refractivity contribution in [3.8, 4) is 0 Å². The fraction of sp³-hybridized carbons (Fsp3) is 0.400. The van der Waals surface area contributed by atoms with E-state index in [0.29, 0.717) is 0 Å². The van der Waals surface area contributed by atoms with Crippen molar-refractivity contribution in [2.45, 2.75) is 38.3 Å². The molecule has 3 heteroatoms. The average Bonchev–Trinajstić information content (AvgIpc) is 2.29. The normalized spacial score (nSPS) is 14.7. The number of rotatable bonds is 4. The van der Waals surface area contributed by atoms with E-state index in [4.69, 9.17) is 10.5 Å². The molecule has 18 heavy (non-hydrogen) atoms. The minimum atomic E-state index is -0.732. The van der Waals surface area contributed by atoms with Gasteiger partial charge >= 0.3 is 5.97 Å². The van der Waals surface area contributed by atoms with Gasteiger partial charge in [-0.15, -0.1) is 6.58 Å². The summed E-state index contributed by atoms with van der Waals surface area (Å²) in [5, 5.41) is 0. The Bertz CT molecular complexity index is 406. The molecule has 2 atom stereocenters. The van der Waals surface area contributed by atoms with Crippen LogP contribution in [0.1, 0.15) is 32.3 Å². The summed E-state index contributed by atoms with van der Waals surface area (Å²) in [5.74, 6) is -0.641. The molecule has 3 nitrogen and oxygen atoms in total. The Morgan fingerprint density at radius 3 is 2.33 bits per heavy atom. The van der Waals surface area contributed by atoms with E-state index in [1.165, 1.54) is 0 Å². The third-order valence-electron chi connectivity index (χ3n) is 2.50. The van der Waals surface area contributed by atoms with Gasteiger partial charge in [-0.2, -0.15) is 0 Å². The molecule has 1 rings (SSSR count). The highest BCUT2D eigenvalue weighted by Gasteiger charge is 2.28. The molecule has 0 heterocycles. The van der Waals surface area contributed by atoms with Crippen molar-refractivity contribution in [2.75, 3.05) is 0 Å². The molecule has 0 radical (unpaired) electrons. The maximum atomic E-state index is 11.9. The van der Waals surface area contributed by atoms with Crippen LogP contribution in [0.25, 0.3) is 0 Å². The Morgan fingerprint density at radius 2 is 1.89 bits per heavy atom. The quantitative estimate of drug-likeness (QED) is 0.657. The molecule has 0 spiro atoms. The molecule has 0 saturated carbocycles. The van der Waals surface area contributed by atoms with Crippen molar-refractivity contribution in [2.24, 2.45) is 5.73 Å². The zero-order valence-electron chi connectivity index (χ0n) is 11.2. The van der Waals surface area contributed by atoms with Gasteiger partial charge in [-0.05, 0) is 26.3 Å². The largest absolute Gasteiger partial charge is 0.459 e. The maximum Gasteiger partial charge on any atom is 0.324 e. The van der Waals surface area contributed by atoms with Crippen LogP contribution < -0.4 is 5.73 Å². The first-order valence-electron chi connectivity index (χ1n) is 6.01. The average molecular weight is 247 g/mol. The number of carbonyl (C=O) groups is 1. The second kappa shape index (κ2) is 5.83. The van der Waals surface area contributed by atoms with Gasteiger partial charge in [-0.1, -0.05) is 36.4 Å². The number of nitrogens with two attached hydrogens (primary N) is 1. The van der Waals surface area contributed by atoms with Crippen molar-refractivity contribution in [1.29, 1.82) is 0 Å². The Morgan fingerprint density at radius 1 is 1.33 bits per heavy atom. The summed E-state index contributed by atoms with van der Waals surface area (Å²) < 4.78 is 5.29.